The number of furan rings is 2. The number of hydrogen-bond acceptors (Lipinski definition) is 6. The Morgan fingerprint density at radius 2 is 0.472 bits per heavy atom. The van der Waals surface area contributed by atoms with Crippen LogP contribution < -0.4 is 19.6 Å². The molecule has 2 heterocycles. The normalized spacial score (nSPS) is 12.8. The zero-order chi connectivity index (χ0) is 72.5. The third-order valence-corrected chi connectivity index (χ3v) is 22.1. The second-order valence-electron chi connectivity index (χ2n) is 29.2. The number of benzene rings is 16. The van der Waals surface area contributed by atoms with E-state index in [0.29, 0.717) is 0 Å². The lowest BCUT2D eigenvalue weighted by molar-refractivity contribution is 0.660. The highest BCUT2D eigenvalue weighted by molar-refractivity contribution is 6.16. The number of hydrogen-bond donors (Lipinski definition) is 0. The van der Waals surface area contributed by atoms with Gasteiger partial charge in [-0.15, -0.1) is 0 Å². The smallest absolute Gasteiger partial charge is 0.137 e. The van der Waals surface area contributed by atoms with E-state index in [0.717, 1.165) is 112 Å². The van der Waals surface area contributed by atoms with E-state index in [1.165, 1.54) is 66.8 Å². The summed E-state index contributed by atoms with van der Waals surface area (Å²) >= 11 is 0. The second kappa shape index (κ2) is 26.8. The molecule has 20 rings (SSSR count). The first-order chi connectivity index (χ1) is 53.1. The summed E-state index contributed by atoms with van der Waals surface area (Å²) in [5.41, 5.74) is 31.6. The predicted molar refractivity (Wildman–Crippen MR) is 452 cm³/mol. The SMILES string of the molecule is CC1(C)c2ccccc2-c2ccc(N(c3ccc(-c4ccccc4)cc3)c3ccc4oc5cccc(N(c6ccccc6)c6ccccc6)c5c4c3)cc21.CC1(C)c2ccccc2-c2ccc(N(c3ccc(-c4ccccc4)cc3)c3cccc4oc5ccc(N(c6ccccc6)c6ccccc6)cc5c34)cc21. The first kappa shape index (κ1) is 65.1. The molecule has 16 aromatic carbocycles. The van der Waals surface area contributed by atoms with Gasteiger partial charge < -0.3 is 28.4 Å². The topological polar surface area (TPSA) is 39.2 Å². The fraction of sp³-hybridized carbons (Fsp3) is 0.0588. The Balaban J connectivity index is 0.000000147. The monoisotopic (exact) mass is 1390 g/mol. The minimum Gasteiger partial charge on any atom is -0.456 e. The minimum absolute atomic E-state index is 0.122. The Bertz CT molecular complexity index is 6270. The van der Waals surface area contributed by atoms with E-state index < -0.39 is 0 Å². The van der Waals surface area contributed by atoms with Gasteiger partial charge in [-0.05, 0) is 224 Å². The molecule has 0 saturated heterocycles. The van der Waals surface area contributed by atoms with Crippen LogP contribution in [0.1, 0.15) is 49.9 Å². The Hall–Kier alpha value is -13.7. The van der Waals surface area contributed by atoms with Gasteiger partial charge >= 0.3 is 0 Å². The van der Waals surface area contributed by atoms with Crippen LogP contribution in [0.2, 0.25) is 0 Å². The van der Waals surface area contributed by atoms with Crippen molar-refractivity contribution in [1.29, 1.82) is 0 Å². The van der Waals surface area contributed by atoms with Crippen molar-refractivity contribution in [2.45, 2.75) is 38.5 Å². The number of nitrogens with zero attached hydrogens (tertiary/aromatic N) is 4. The zero-order valence-corrected chi connectivity index (χ0v) is 60.6. The maximum atomic E-state index is 6.64. The van der Waals surface area contributed by atoms with Gasteiger partial charge in [0, 0.05) is 78.5 Å². The maximum absolute atomic E-state index is 6.64. The molecule has 2 aliphatic carbocycles. The van der Waals surface area contributed by atoms with E-state index in [1.54, 1.807) is 0 Å². The third-order valence-electron chi connectivity index (χ3n) is 22.1. The molecular formula is C102H76N4O2. The van der Waals surface area contributed by atoms with Crippen molar-refractivity contribution in [2.75, 3.05) is 19.6 Å². The molecule has 0 spiro atoms. The van der Waals surface area contributed by atoms with E-state index in [9.17, 15) is 0 Å². The summed E-state index contributed by atoms with van der Waals surface area (Å²) in [7, 11) is 0. The van der Waals surface area contributed by atoms with Gasteiger partial charge in [-0.2, -0.15) is 0 Å². The number of rotatable bonds is 14. The van der Waals surface area contributed by atoms with Crippen molar-refractivity contribution in [3.05, 3.63) is 411 Å². The molecule has 0 unspecified atom stereocenters. The van der Waals surface area contributed by atoms with Crippen LogP contribution in [-0.2, 0) is 10.8 Å². The molecule has 0 atom stereocenters. The summed E-state index contributed by atoms with van der Waals surface area (Å²) in [6.45, 7) is 9.38. The lowest BCUT2D eigenvalue weighted by Crippen LogP contribution is -2.16. The van der Waals surface area contributed by atoms with Crippen molar-refractivity contribution in [3.8, 4) is 44.5 Å². The van der Waals surface area contributed by atoms with Crippen LogP contribution in [0.4, 0.5) is 68.2 Å². The van der Waals surface area contributed by atoms with Crippen LogP contribution in [0.15, 0.2) is 397 Å². The van der Waals surface area contributed by atoms with Gasteiger partial charge in [-0.1, -0.05) is 258 Å². The van der Waals surface area contributed by atoms with Crippen LogP contribution in [0.5, 0.6) is 0 Å². The predicted octanol–water partition coefficient (Wildman–Crippen LogP) is 29.0. The summed E-state index contributed by atoms with van der Waals surface area (Å²) in [5.74, 6) is 0. The lowest BCUT2D eigenvalue weighted by Gasteiger charge is -2.29. The molecule has 2 aromatic heterocycles. The van der Waals surface area contributed by atoms with Crippen LogP contribution >= 0.6 is 0 Å². The van der Waals surface area contributed by atoms with Gasteiger partial charge in [0.2, 0.25) is 0 Å². The molecular weight excluding hydrogens is 1310 g/mol. The molecule has 0 aliphatic heterocycles. The highest BCUT2D eigenvalue weighted by Gasteiger charge is 2.38. The molecule has 2 aliphatic rings. The van der Waals surface area contributed by atoms with Gasteiger partial charge in [0.05, 0.1) is 22.1 Å². The molecule has 18 aromatic rings. The molecule has 6 heteroatoms. The molecule has 0 radical (unpaired) electrons. The highest BCUT2D eigenvalue weighted by Crippen LogP contribution is 2.55. The standard InChI is InChI=1S/2C51H38N2O/c1-51(2)45-22-13-12-21-42(45)43-31-29-41(34-46(43)51)52(39-27-25-36(26-28-39)35-15-6-3-7-16-35)40-30-32-48-44(33-40)50-47(23-14-24-49(50)54-48)53(37-17-8-4-9-18-37)38-19-10-5-11-20-38;1-51(2)45-22-13-12-21-42(45)43-31-29-41(34-46(43)51)53(39-27-25-36(26-28-39)35-15-6-3-7-16-35)47-23-14-24-49-50(47)44-33-40(30-32-48(44)54-49)52(37-17-8-4-9-18-37)38-19-10-5-11-20-38/h2*3-34H,1-2H3. The Labute approximate surface area is 630 Å². The van der Waals surface area contributed by atoms with Gasteiger partial charge in [0.15, 0.2) is 0 Å². The Morgan fingerprint density at radius 3 is 0.880 bits per heavy atom. The molecule has 6 nitrogen and oxygen atoms in total. The van der Waals surface area contributed by atoms with Crippen molar-refractivity contribution in [1.82, 2.24) is 0 Å². The van der Waals surface area contributed by atoms with E-state index in [2.05, 4.69) is 436 Å². The molecule has 0 amide bonds. The molecule has 0 bridgehead atoms. The molecule has 108 heavy (non-hydrogen) atoms. The number of para-hydroxylation sites is 4. The molecule has 0 saturated carbocycles. The molecule has 0 N–H and O–H groups in total. The van der Waals surface area contributed by atoms with Gasteiger partial charge in [-0.25, -0.2) is 0 Å². The van der Waals surface area contributed by atoms with Crippen molar-refractivity contribution in [3.63, 3.8) is 0 Å². The van der Waals surface area contributed by atoms with E-state index in [1.807, 2.05) is 0 Å². The van der Waals surface area contributed by atoms with Crippen LogP contribution in [0.3, 0.4) is 0 Å². The van der Waals surface area contributed by atoms with E-state index in [-0.39, 0.29) is 10.8 Å². The maximum Gasteiger partial charge on any atom is 0.137 e. The van der Waals surface area contributed by atoms with Gasteiger partial charge in [-0.3, -0.25) is 0 Å². The average Bonchev–Trinajstić information content (AvgIpc) is 1.60. The van der Waals surface area contributed by atoms with Crippen LogP contribution in [0.25, 0.3) is 88.4 Å². The zero-order valence-electron chi connectivity index (χ0n) is 60.6. The van der Waals surface area contributed by atoms with Crippen molar-refractivity contribution in [2.24, 2.45) is 0 Å². The molecule has 516 valence electrons. The first-order valence-corrected chi connectivity index (χ1v) is 37.2. The first-order valence-electron chi connectivity index (χ1n) is 37.2. The Morgan fingerprint density at radius 1 is 0.194 bits per heavy atom. The average molecular weight is 1390 g/mol. The summed E-state index contributed by atoms with van der Waals surface area (Å²) in [4.78, 5) is 9.43. The Kier molecular flexibility index (Phi) is 16.1. The van der Waals surface area contributed by atoms with Gasteiger partial charge in [0.1, 0.15) is 22.3 Å². The summed E-state index contributed by atoms with van der Waals surface area (Å²) in [6.07, 6.45) is 0. The number of anilines is 12. The summed E-state index contributed by atoms with van der Waals surface area (Å²) in [6, 6.07) is 139. The fourth-order valence-corrected chi connectivity index (χ4v) is 16.8. The van der Waals surface area contributed by atoms with E-state index >= 15 is 0 Å². The lowest BCUT2D eigenvalue weighted by atomic mass is 9.82. The van der Waals surface area contributed by atoms with Crippen LogP contribution in [-0.4, -0.2) is 0 Å². The van der Waals surface area contributed by atoms with Crippen molar-refractivity contribution < 1.29 is 8.83 Å². The summed E-state index contributed by atoms with van der Waals surface area (Å²) < 4.78 is 13.2. The fourth-order valence-electron chi connectivity index (χ4n) is 16.8. The summed E-state index contributed by atoms with van der Waals surface area (Å²) in [5, 5.41) is 4.28. The van der Waals surface area contributed by atoms with Crippen molar-refractivity contribution >= 4 is 112 Å². The van der Waals surface area contributed by atoms with Crippen LogP contribution in [0, 0.1) is 0 Å². The molecule has 0 fully saturated rings. The van der Waals surface area contributed by atoms with Gasteiger partial charge in [0.25, 0.3) is 0 Å². The largest absolute Gasteiger partial charge is 0.456 e. The second-order valence-corrected chi connectivity index (χ2v) is 29.2. The highest BCUT2D eigenvalue weighted by atomic mass is 16.3. The van der Waals surface area contributed by atoms with E-state index in [4.69, 9.17) is 8.83 Å². The quantitative estimate of drug-likeness (QED) is 0.108. The third kappa shape index (κ3) is 11.4. The number of fused-ring (bicyclic) bond motifs is 12. The minimum atomic E-state index is -0.133.